The molecule has 0 aliphatic heterocycles. The van der Waals surface area contributed by atoms with Crippen molar-refractivity contribution in [2.24, 2.45) is 5.73 Å². The van der Waals surface area contributed by atoms with E-state index in [1.807, 2.05) is 12.3 Å². The van der Waals surface area contributed by atoms with Crippen LogP contribution in [0.1, 0.15) is 5.69 Å². The van der Waals surface area contributed by atoms with Crippen molar-refractivity contribution in [1.82, 2.24) is 4.98 Å². The standard InChI is InChI=1S/C13H14N2S/c1-16-13-6-3-10(4-7-13)11-2-5-12(8-14)15-9-11/h2-7,9H,8,14H2,1H3. The lowest BCUT2D eigenvalue weighted by Gasteiger charge is -2.03. The summed E-state index contributed by atoms with van der Waals surface area (Å²) in [4.78, 5) is 5.56. The molecule has 0 spiro atoms. The fourth-order valence-electron chi connectivity index (χ4n) is 1.50. The molecule has 0 saturated carbocycles. The normalized spacial score (nSPS) is 10.4. The lowest BCUT2D eigenvalue weighted by atomic mass is 10.1. The van der Waals surface area contributed by atoms with Crippen LogP contribution in [0.25, 0.3) is 11.1 Å². The maximum absolute atomic E-state index is 5.51. The minimum atomic E-state index is 0.492. The van der Waals surface area contributed by atoms with Gasteiger partial charge < -0.3 is 5.73 Å². The Morgan fingerprint density at radius 3 is 2.25 bits per heavy atom. The number of hydrogen-bond donors (Lipinski definition) is 1. The molecule has 0 saturated heterocycles. The summed E-state index contributed by atoms with van der Waals surface area (Å²) in [6, 6.07) is 12.5. The molecule has 3 heteroatoms. The van der Waals surface area contributed by atoms with Crippen molar-refractivity contribution < 1.29 is 0 Å². The molecule has 0 bridgehead atoms. The second-order valence-electron chi connectivity index (χ2n) is 3.47. The maximum atomic E-state index is 5.51. The quantitative estimate of drug-likeness (QED) is 0.824. The van der Waals surface area contributed by atoms with Gasteiger partial charge in [0.15, 0.2) is 0 Å². The highest BCUT2D eigenvalue weighted by molar-refractivity contribution is 7.98. The third-order valence-corrected chi connectivity index (χ3v) is 3.20. The van der Waals surface area contributed by atoms with E-state index in [1.165, 1.54) is 10.5 Å². The Bertz CT molecular complexity index is 403. The van der Waals surface area contributed by atoms with Gasteiger partial charge in [0, 0.05) is 23.2 Å². The highest BCUT2D eigenvalue weighted by Gasteiger charge is 1.98. The first-order valence-corrected chi connectivity index (χ1v) is 6.35. The summed E-state index contributed by atoms with van der Waals surface area (Å²) in [6.45, 7) is 0.492. The number of hydrogen-bond acceptors (Lipinski definition) is 3. The highest BCUT2D eigenvalue weighted by Crippen LogP contribution is 2.22. The predicted molar refractivity (Wildman–Crippen MR) is 69.3 cm³/mol. The highest BCUT2D eigenvalue weighted by atomic mass is 32.2. The van der Waals surface area contributed by atoms with Gasteiger partial charge in [-0.2, -0.15) is 0 Å². The van der Waals surface area contributed by atoms with Gasteiger partial charge in [-0.3, -0.25) is 4.98 Å². The van der Waals surface area contributed by atoms with Crippen molar-refractivity contribution in [3.63, 3.8) is 0 Å². The fraction of sp³-hybridized carbons (Fsp3) is 0.154. The van der Waals surface area contributed by atoms with Crippen LogP contribution in [0.2, 0.25) is 0 Å². The van der Waals surface area contributed by atoms with Gasteiger partial charge in [0.05, 0.1) is 5.69 Å². The number of benzene rings is 1. The molecule has 16 heavy (non-hydrogen) atoms. The van der Waals surface area contributed by atoms with E-state index >= 15 is 0 Å². The smallest absolute Gasteiger partial charge is 0.0539 e. The van der Waals surface area contributed by atoms with Crippen LogP contribution in [0.3, 0.4) is 0 Å². The molecule has 1 aromatic carbocycles. The zero-order chi connectivity index (χ0) is 11.4. The van der Waals surface area contributed by atoms with Crippen molar-refractivity contribution in [1.29, 1.82) is 0 Å². The van der Waals surface area contributed by atoms with Crippen LogP contribution in [0, 0.1) is 0 Å². The summed E-state index contributed by atoms with van der Waals surface area (Å²) in [5, 5.41) is 0. The zero-order valence-electron chi connectivity index (χ0n) is 9.18. The largest absolute Gasteiger partial charge is 0.325 e. The van der Waals surface area contributed by atoms with Crippen molar-refractivity contribution in [2.45, 2.75) is 11.4 Å². The molecule has 0 aliphatic carbocycles. The van der Waals surface area contributed by atoms with Crippen LogP contribution in [0.15, 0.2) is 47.5 Å². The van der Waals surface area contributed by atoms with Gasteiger partial charge in [0.25, 0.3) is 0 Å². The summed E-state index contributed by atoms with van der Waals surface area (Å²) in [5.41, 5.74) is 8.75. The van der Waals surface area contributed by atoms with Gasteiger partial charge in [0.1, 0.15) is 0 Å². The zero-order valence-corrected chi connectivity index (χ0v) is 10.00. The van der Waals surface area contributed by atoms with E-state index in [0.717, 1.165) is 11.3 Å². The van der Waals surface area contributed by atoms with E-state index in [2.05, 4.69) is 41.6 Å². The SMILES string of the molecule is CSc1ccc(-c2ccc(CN)nc2)cc1. The molecule has 0 aliphatic rings. The van der Waals surface area contributed by atoms with Crippen molar-refractivity contribution in [3.05, 3.63) is 48.3 Å². The first kappa shape index (κ1) is 11.2. The van der Waals surface area contributed by atoms with E-state index in [0.29, 0.717) is 6.54 Å². The molecule has 0 radical (unpaired) electrons. The van der Waals surface area contributed by atoms with Crippen LogP contribution >= 0.6 is 11.8 Å². The fourth-order valence-corrected chi connectivity index (χ4v) is 1.91. The average molecular weight is 230 g/mol. The Balaban J connectivity index is 2.28. The molecule has 1 heterocycles. The van der Waals surface area contributed by atoms with E-state index in [4.69, 9.17) is 5.73 Å². The number of aromatic nitrogens is 1. The van der Waals surface area contributed by atoms with Gasteiger partial charge in [-0.1, -0.05) is 18.2 Å². The molecule has 82 valence electrons. The number of nitrogens with zero attached hydrogens (tertiary/aromatic N) is 1. The van der Waals surface area contributed by atoms with Crippen LogP contribution in [-0.4, -0.2) is 11.2 Å². The number of nitrogens with two attached hydrogens (primary N) is 1. The molecule has 2 rings (SSSR count). The van der Waals surface area contributed by atoms with Crippen molar-refractivity contribution in [2.75, 3.05) is 6.26 Å². The topological polar surface area (TPSA) is 38.9 Å². The van der Waals surface area contributed by atoms with Gasteiger partial charge in [0.2, 0.25) is 0 Å². The maximum Gasteiger partial charge on any atom is 0.0539 e. The Kier molecular flexibility index (Phi) is 3.59. The van der Waals surface area contributed by atoms with Gasteiger partial charge in [-0.05, 0) is 30.0 Å². The van der Waals surface area contributed by atoms with Gasteiger partial charge in [-0.15, -0.1) is 11.8 Å². The molecule has 0 fully saturated rings. The second-order valence-corrected chi connectivity index (χ2v) is 4.35. The third-order valence-electron chi connectivity index (χ3n) is 2.46. The summed E-state index contributed by atoms with van der Waals surface area (Å²) in [7, 11) is 0. The number of thioether (sulfide) groups is 1. The molecule has 2 N–H and O–H groups in total. The van der Waals surface area contributed by atoms with Crippen molar-refractivity contribution >= 4 is 11.8 Å². The Morgan fingerprint density at radius 2 is 1.75 bits per heavy atom. The van der Waals surface area contributed by atoms with E-state index < -0.39 is 0 Å². The van der Waals surface area contributed by atoms with E-state index in [1.54, 1.807) is 11.8 Å². The minimum absolute atomic E-state index is 0.492. The van der Waals surface area contributed by atoms with Crippen molar-refractivity contribution in [3.8, 4) is 11.1 Å². The molecule has 1 aromatic heterocycles. The molecule has 0 amide bonds. The first-order chi connectivity index (χ1) is 7.83. The lowest BCUT2D eigenvalue weighted by molar-refractivity contribution is 0.991. The molecular formula is C13H14N2S. The summed E-state index contributed by atoms with van der Waals surface area (Å²) in [5.74, 6) is 0. The van der Waals surface area contributed by atoms with Gasteiger partial charge in [-0.25, -0.2) is 0 Å². The molecule has 0 atom stereocenters. The lowest BCUT2D eigenvalue weighted by Crippen LogP contribution is -1.98. The third kappa shape index (κ3) is 2.43. The van der Waals surface area contributed by atoms with Crippen LogP contribution in [0.4, 0.5) is 0 Å². The molecule has 2 aromatic rings. The van der Waals surface area contributed by atoms with Crippen LogP contribution in [0.5, 0.6) is 0 Å². The summed E-state index contributed by atoms with van der Waals surface area (Å²) >= 11 is 1.75. The average Bonchev–Trinajstić information content (AvgIpc) is 2.39. The number of rotatable bonds is 3. The predicted octanol–water partition coefficient (Wildman–Crippen LogP) is 2.93. The van der Waals surface area contributed by atoms with Crippen LogP contribution in [-0.2, 0) is 6.54 Å². The summed E-state index contributed by atoms with van der Waals surface area (Å²) < 4.78 is 0. The Morgan fingerprint density at radius 1 is 1.06 bits per heavy atom. The summed E-state index contributed by atoms with van der Waals surface area (Å²) in [6.07, 6.45) is 3.95. The minimum Gasteiger partial charge on any atom is -0.325 e. The monoisotopic (exact) mass is 230 g/mol. The van der Waals surface area contributed by atoms with Gasteiger partial charge >= 0.3 is 0 Å². The molecule has 0 unspecified atom stereocenters. The number of pyridine rings is 1. The molecule has 2 nitrogen and oxygen atoms in total. The first-order valence-electron chi connectivity index (χ1n) is 5.13. The van der Waals surface area contributed by atoms with E-state index in [-0.39, 0.29) is 0 Å². The molecular weight excluding hydrogens is 216 g/mol. The van der Waals surface area contributed by atoms with Crippen LogP contribution < -0.4 is 5.73 Å². The Labute approximate surface area is 99.9 Å². The second kappa shape index (κ2) is 5.14. The Hall–Kier alpha value is -1.32. The van der Waals surface area contributed by atoms with E-state index in [9.17, 15) is 0 Å².